The third-order valence-electron chi connectivity index (χ3n) is 3.71. The first-order chi connectivity index (χ1) is 11.9. The Balaban J connectivity index is 2.05. The van der Waals surface area contributed by atoms with Gasteiger partial charge in [0.2, 0.25) is 0 Å². The molecule has 0 radical (unpaired) electrons. The molecule has 25 heavy (non-hydrogen) atoms. The van der Waals surface area contributed by atoms with Crippen LogP contribution in [0.15, 0.2) is 56.8 Å². The number of carboxylic acids is 1. The van der Waals surface area contributed by atoms with Crippen LogP contribution >= 0.6 is 0 Å². The number of rotatable bonds is 7. The molecule has 0 aliphatic carbocycles. The van der Waals surface area contributed by atoms with Crippen LogP contribution in [0.2, 0.25) is 0 Å². The van der Waals surface area contributed by atoms with Gasteiger partial charge in [-0.05, 0) is 57.9 Å². The van der Waals surface area contributed by atoms with Crippen LogP contribution in [-0.2, 0) is 0 Å². The van der Waals surface area contributed by atoms with Crippen LogP contribution in [0.1, 0.15) is 44.0 Å². The minimum Gasteiger partial charge on any atom is -0.489 e. The van der Waals surface area contributed by atoms with E-state index in [-0.39, 0.29) is 5.56 Å². The second-order valence-electron chi connectivity index (χ2n) is 6.13. The minimum absolute atomic E-state index is 0.303. The molecule has 5 nitrogen and oxygen atoms in total. The van der Waals surface area contributed by atoms with Gasteiger partial charge in [-0.15, -0.1) is 0 Å². The molecule has 0 bridgehead atoms. The Bertz CT molecular complexity index is 883. The molecule has 1 heterocycles. The van der Waals surface area contributed by atoms with Crippen molar-refractivity contribution in [3.8, 4) is 5.75 Å². The largest absolute Gasteiger partial charge is 0.489 e. The Hall–Kier alpha value is -2.82. The SMILES string of the molecule is CC(C)=CCC/C(C)=C/COc1ccc2cc(C(=O)O)c(=O)oc2c1. The van der Waals surface area contributed by atoms with Gasteiger partial charge >= 0.3 is 11.6 Å². The summed E-state index contributed by atoms with van der Waals surface area (Å²) in [6, 6.07) is 6.29. The van der Waals surface area contributed by atoms with Crippen LogP contribution in [0.5, 0.6) is 5.75 Å². The smallest absolute Gasteiger partial charge is 0.351 e. The van der Waals surface area contributed by atoms with E-state index in [1.807, 2.05) is 6.08 Å². The number of aromatic carboxylic acids is 1. The summed E-state index contributed by atoms with van der Waals surface area (Å²) in [6.07, 6.45) is 6.22. The zero-order chi connectivity index (χ0) is 18.4. The summed E-state index contributed by atoms with van der Waals surface area (Å²) in [5.74, 6) is -0.739. The lowest BCUT2D eigenvalue weighted by atomic mass is 10.1. The molecule has 0 spiro atoms. The predicted octanol–water partition coefficient (Wildman–Crippen LogP) is 4.56. The highest BCUT2D eigenvalue weighted by Gasteiger charge is 2.12. The van der Waals surface area contributed by atoms with Gasteiger partial charge in [-0.2, -0.15) is 0 Å². The monoisotopic (exact) mass is 342 g/mol. The molecule has 0 fully saturated rings. The zero-order valence-electron chi connectivity index (χ0n) is 14.7. The first kappa shape index (κ1) is 18.5. The Labute approximate surface area is 146 Å². The van der Waals surface area contributed by atoms with Gasteiger partial charge in [-0.25, -0.2) is 9.59 Å². The van der Waals surface area contributed by atoms with E-state index in [9.17, 15) is 9.59 Å². The highest BCUT2D eigenvalue weighted by atomic mass is 16.5. The summed E-state index contributed by atoms with van der Waals surface area (Å²) in [5.41, 5.74) is 1.61. The van der Waals surface area contributed by atoms with E-state index in [0.29, 0.717) is 23.3 Å². The lowest BCUT2D eigenvalue weighted by Crippen LogP contribution is -2.12. The maximum absolute atomic E-state index is 11.6. The van der Waals surface area contributed by atoms with Crippen LogP contribution < -0.4 is 10.4 Å². The van der Waals surface area contributed by atoms with Gasteiger partial charge in [-0.3, -0.25) is 0 Å². The molecular formula is C20H22O5. The second-order valence-corrected chi connectivity index (χ2v) is 6.13. The van der Waals surface area contributed by atoms with Crippen molar-refractivity contribution in [2.24, 2.45) is 0 Å². The van der Waals surface area contributed by atoms with Crippen LogP contribution in [0.4, 0.5) is 0 Å². The molecule has 0 saturated heterocycles. The molecular weight excluding hydrogens is 320 g/mol. The highest BCUT2D eigenvalue weighted by molar-refractivity contribution is 5.91. The fraction of sp³-hybridized carbons (Fsp3) is 0.300. The Morgan fingerprint density at radius 1 is 1.20 bits per heavy atom. The maximum Gasteiger partial charge on any atom is 0.351 e. The summed E-state index contributed by atoms with van der Waals surface area (Å²) in [4.78, 5) is 22.6. The minimum atomic E-state index is -1.30. The molecule has 5 heteroatoms. The lowest BCUT2D eigenvalue weighted by molar-refractivity contribution is 0.0692. The van der Waals surface area contributed by atoms with Gasteiger partial charge in [0.15, 0.2) is 0 Å². The molecule has 0 unspecified atom stereocenters. The molecule has 132 valence electrons. The number of allylic oxidation sites excluding steroid dienone is 3. The molecule has 0 saturated carbocycles. The average molecular weight is 342 g/mol. The van der Waals surface area contributed by atoms with E-state index in [2.05, 4.69) is 26.8 Å². The molecule has 2 aromatic rings. The summed E-state index contributed by atoms with van der Waals surface area (Å²) >= 11 is 0. The van der Waals surface area contributed by atoms with Crippen molar-refractivity contribution in [2.45, 2.75) is 33.6 Å². The molecule has 0 atom stereocenters. The quantitative estimate of drug-likeness (QED) is 0.589. The van der Waals surface area contributed by atoms with E-state index < -0.39 is 11.6 Å². The fourth-order valence-corrected chi connectivity index (χ4v) is 2.30. The topological polar surface area (TPSA) is 76.7 Å². The number of benzene rings is 1. The van der Waals surface area contributed by atoms with E-state index in [1.165, 1.54) is 17.2 Å². The van der Waals surface area contributed by atoms with Crippen molar-refractivity contribution in [1.82, 2.24) is 0 Å². The second kappa shape index (κ2) is 8.33. The number of hydrogen-bond donors (Lipinski definition) is 1. The van der Waals surface area contributed by atoms with Crippen molar-refractivity contribution in [3.63, 3.8) is 0 Å². The van der Waals surface area contributed by atoms with Gasteiger partial charge in [-0.1, -0.05) is 17.2 Å². The summed E-state index contributed by atoms with van der Waals surface area (Å²) in [5, 5.41) is 9.48. The van der Waals surface area contributed by atoms with Crippen LogP contribution in [0.25, 0.3) is 11.0 Å². The molecule has 1 aromatic heterocycles. The number of carbonyl (C=O) groups is 1. The van der Waals surface area contributed by atoms with Crippen molar-refractivity contribution >= 4 is 16.9 Å². The van der Waals surface area contributed by atoms with E-state index in [4.69, 9.17) is 14.3 Å². The van der Waals surface area contributed by atoms with Crippen molar-refractivity contribution < 1.29 is 19.1 Å². The highest BCUT2D eigenvalue weighted by Crippen LogP contribution is 2.21. The van der Waals surface area contributed by atoms with Gasteiger partial charge in [0.05, 0.1) is 0 Å². The number of fused-ring (bicyclic) bond motifs is 1. The summed E-state index contributed by atoms with van der Waals surface area (Å²) < 4.78 is 10.7. The van der Waals surface area contributed by atoms with Crippen LogP contribution in [0, 0.1) is 0 Å². The normalized spacial score (nSPS) is 11.4. The Morgan fingerprint density at radius 3 is 2.64 bits per heavy atom. The number of hydrogen-bond acceptors (Lipinski definition) is 4. The third kappa shape index (κ3) is 5.35. The van der Waals surface area contributed by atoms with Crippen molar-refractivity contribution in [2.75, 3.05) is 6.61 Å². The summed E-state index contributed by atoms with van der Waals surface area (Å²) in [7, 11) is 0. The number of carboxylic acid groups (broad SMARTS) is 1. The molecule has 0 aliphatic heterocycles. The first-order valence-corrected chi connectivity index (χ1v) is 8.10. The van der Waals surface area contributed by atoms with Gasteiger partial charge in [0.1, 0.15) is 23.5 Å². The third-order valence-corrected chi connectivity index (χ3v) is 3.71. The predicted molar refractivity (Wildman–Crippen MR) is 97.4 cm³/mol. The molecule has 1 aromatic carbocycles. The van der Waals surface area contributed by atoms with E-state index in [1.54, 1.807) is 18.2 Å². The van der Waals surface area contributed by atoms with Crippen molar-refractivity contribution in [1.29, 1.82) is 0 Å². The van der Waals surface area contributed by atoms with Gasteiger partial charge in [0, 0.05) is 11.5 Å². The number of ether oxygens (including phenoxy) is 1. The Morgan fingerprint density at radius 2 is 1.96 bits per heavy atom. The summed E-state index contributed by atoms with van der Waals surface area (Å²) in [6.45, 7) is 6.65. The van der Waals surface area contributed by atoms with Crippen molar-refractivity contribution in [3.05, 3.63) is 63.5 Å². The lowest BCUT2D eigenvalue weighted by Gasteiger charge is -2.06. The average Bonchev–Trinajstić information content (AvgIpc) is 2.53. The standard InChI is InChI=1S/C20H22O5/c1-13(2)5-4-6-14(3)9-10-24-16-8-7-15-11-17(19(21)22)20(23)25-18(15)12-16/h5,7-9,11-12H,4,6,10H2,1-3H3,(H,21,22)/b14-9+. The molecule has 0 aliphatic rings. The van der Waals surface area contributed by atoms with Crippen LogP contribution in [-0.4, -0.2) is 17.7 Å². The molecule has 0 amide bonds. The first-order valence-electron chi connectivity index (χ1n) is 8.10. The van der Waals surface area contributed by atoms with Gasteiger partial charge in [0.25, 0.3) is 0 Å². The maximum atomic E-state index is 11.6. The van der Waals surface area contributed by atoms with E-state index in [0.717, 1.165) is 12.8 Å². The zero-order valence-corrected chi connectivity index (χ0v) is 14.7. The molecule has 2 rings (SSSR count). The fourth-order valence-electron chi connectivity index (χ4n) is 2.30. The molecule has 1 N–H and O–H groups in total. The van der Waals surface area contributed by atoms with E-state index >= 15 is 0 Å². The van der Waals surface area contributed by atoms with Gasteiger partial charge < -0.3 is 14.3 Å². The van der Waals surface area contributed by atoms with Crippen LogP contribution in [0.3, 0.4) is 0 Å². The Kier molecular flexibility index (Phi) is 6.17.